The van der Waals surface area contributed by atoms with Crippen molar-refractivity contribution in [2.45, 2.75) is 5.38 Å². The maximum atomic E-state index is 12.1. The molecule has 0 fully saturated rings. The van der Waals surface area contributed by atoms with E-state index in [9.17, 15) is 4.79 Å². The number of carbonyl (C=O) groups excluding carboxylic acids is 1. The first-order valence-corrected chi connectivity index (χ1v) is 5.99. The molecule has 0 aliphatic rings. The number of carbonyl (C=O) groups is 1. The molecule has 0 bridgehead atoms. The third kappa shape index (κ3) is 2.87. The summed E-state index contributed by atoms with van der Waals surface area (Å²) in [6.07, 6.45) is 0. The molecular weight excluding hydrogens is 255 g/mol. The Morgan fingerprint density at radius 2 is 1.53 bits per heavy atom. The fourth-order valence-electron chi connectivity index (χ4n) is 1.53. The summed E-state index contributed by atoms with van der Waals surface area (Å²) < 4.78 is 0. The van der Waals surface area contributed by atoms with Crippen LogP contribution in [0.2, 0.25) is 5.02 Å². The molecule has 0 aromatic heterocycles. The minimum atomic E-state index is -0.672. The maximum absolute atomic E-state index is 12.1. The van der Waals surface area contributed by atoms with Gasteiger partial charge >= 0.3 is 0 Å². The lowest BCUT2D eigenvalue weighted by Crippen LogP contribution is -2.07. The summed E-state index contributed by atoms with van der Waals surface area (Å²) in [5.74, 6) is -0.102. The lowest BCUT2D eigenvalue weighted by molar-refractivity contribution is 0.0987. The molecule has 3 heteroatoms. The Labute approximate surface area is 110 Å². The van der Waals surface area contributed by atoms with E-state index in [0.717, 1.165) is 5.56 Å². The average Bonchev–Trinajstić information content (AvgIpc) is 2.39. The Morgan fingerprint density at radius 3 is 2.12 bits per heavy atom. The van der Waals surface area contributed by atoms with Gasteiger partial charge < -0.3 is 0 Å². The summed E-state index contributed by atoms with van der Waals surface area (Å²) in [5, 5.41) is -0.0422. The van der Waals surface area contributed by atoms with Gasteiger partial charge in [0.15, 0.2) is 5.78 Å². The van der Waals surface area contributed by atoms with Crippen molar-refractivity contribution in [1.82, 2.24) is 0 Å². The van der Waals surface area contributed by atoms with E-state index in [1.807, 2.05) is 18.2 Å². The molecule has 0 aliphatic heterocycles. The number of ketones is 1. The van der Waals surface area contributed by atoms with Crippen LogP contribution >= 0.6 is 23.2 Å². The van der Waals surface area contributed by atoms with E-state index in [1.165, 1.54) is 0 Å². The highest BCUT2D eigenvalue weighted by atomic mass is 35.5. The largest absolute Gasteiger partial charge is 0.292 e. The van der Waals surface area contributed by atoms with E-state index in [0.29, 0.717) is 10.6 Å². The predicted molar refractivity (Wildman–Crippen MR) is 70.8 cm³/mol. The molecule has 0 heterocycles. The number of hydrogen-bond acceptors (Lipinski definition) is 1. The standard InChI is InChI=1S/C14H10Cl2O/c15-12-8-6-10(7-9-12)13(16)14(17)11-4-2-1-3-5-11/h1-9,13H. The zero-order valence-corrected chi connectivity index (χ0v) is 10.4. The van der Waals surface area contributed by atoms with Crippen LogP contribution in [0.1, 0.15) is 21.3 Å². The molecule has 1 unspecified atom stereocenters. The molecule has 0 amide bonds. The number of alkyl halides is 1. The highest BCUT2D eigenvalue weighted by Gasteiger charge is 2.18. The van der Waals surface area contributed by atoms with Crippen LogP contribution in [0.5, 0.6) is 0 Å². The number of rotatable bonds is 3. The van der Waals surface area contributed by atoms with Gasteiger partial charge in [-0.1, -0.05) is 54.1 Å². The van der Waals surface area contributed by atoms with Crippen LogP contribution in [-0.4, -0.2) is 5.78 Å². The molecule has 0 radical (unpaired) electrons. The lowest BCUT2D eigenvalue weighted by atomic mass is 10.0. The van der Waals surface area contributed by atoms with Crippen molar-refractivity contribution in [2.75, 3.05) is 0 Å². The molecule has 0 spiro atoms. The molecule has 2 rings (SSSR count). The lowest BCUT2D eigenvalue weighted by Gasteiger charge is -2.08. The Balaban J connectivity index is 2.23. The summed E-state index contributed by atoms with van der Waals surface area (Å²) in [6, 6.07) is 16.0. The van der Waals surface area contributed by atoms with E-state index >= 15 is 0 Å². The zero-order chi connectivity index (χ0) is 12.3. The van der Waals surface area contributed by atoms with Gasteiger partial charge in [-0.3, -0.25) is 4.79 Å². The Hall–Kier alpha value is -1.31. The Morgan fingerprint density at radius 1 is 0.941 bits per heavy atom. The fourth-order valence-corrected chi connectivity index (χ4v) is 1.93. The molecule has 2 aromatic carbocycles. The third-order valence-electron chi connectivity index (χ3n) is 2.45. The molecule has 0 saturated carbocycles. The minimum absolute atomic E-state index is 0.102. The van der Waals surface area contributed by atoms with Gasteiger partial charge in [-0.25, -0.2) is 0 Å². The molecule has 0 saturated heterocycles. The summed E-state index contributed by atoms with van der Waals surface area (Å²) in [5.41, 5.74) is 1.37. The first-order chi connectivity index (χ1) is 8.18. The van der Waals surface area contributed by atoms with E-state index in [1.54, 1.807) is 36.4 Å². The predicted octanol–water partition coefficient (Wildman–Crippen LogP) is 4.50. The SMILES string of the molecule is O=C(c1ccccc1)C(Cl)c1ccc(Cl)cc1. The van der Waals surface area contributed by atoms with Crippen LogP contribution in [0.25, 0.3) is 0 Å². The van der Waals surface area contributed by atoms with Crippen LogP contribution in [0.15, 0.2) is 54.6 Å². The van der Waals surface area contributed by atoms with Crippen LogP contribution in [0.4, 0.5) is 0 Å². The average molecular weight is 265 g/mol. The summed E-state index contributed by atoms with van der Waals surface area (Å²) in [6.45, 7) is 0. The van der Waals surface area contributed by atoms with E-state index in [2.05, 4.69) is 0 Å². The fraction of sp³-hybridized carbons (Fsp3) is 0.0714. The van der Waals surface area contributed by atoms with Gasteiger partial charge in [-0.05, 0) is 17.7 Å². The van der Waals surface area contributed by atoms with Crippen molar-refractivity contribution in [3.63, 3.8) is 0 Å². The number of hydrogen-bond donors (Lipinski definition) is 0. The molecule has 1 nitrogen and oxygen atoms in total. The highest BCUT2D eigenvalue weighted by molar-refractivity contribution is 6.34. The Bertz CT molecular complexity index is 506. The molecule has 86 valence electrons. The first-order valence-electron chi connectivity index (χ1n) is 5.17. The summed E-state index contributed by atoms with van der Waals surface area (Å²) >= 11 is 11.9. The van der Waals surface area contributed by atoms with Gasteiger partial charge in [0.1, 0.15) is 5.38 Å². The topological polar surface area (TPSA) is 17.1 Å². The van der Waals surface area contributed by atoms with Crippen molar-refractivity contribution in [1.29, 1.82) is 0 Å². The number of halogens is 2. The number of benzene rings is 2. The molecule has 1 atom stereocenters. The van der Waals surface area contributed by atoms with Crippen molar-refractivity contribution >= 4 is 29.0 Å². The minimum Gasteiger partial charge on any atom is -0.292 e. The van der Waals surface area contributed by atoms with Crippen molar-refractivity contribution in [3.8, 4) is 0 Å². The van der Waals surface area contributed by atoms with Crippen LogP contribution in [0, 0.1) is 0 Å². The summed E-state index contributed by atoms with van der Waals surface area (Å²) in [7, 11) is 0. The van der Waals surface area contributed by atoms with Gasteiger partial charge in [-0.15, -0.1) is 11.6 Å². The third-order valence-corrected chi connectivity index (χ3v) is 3.15. The van der Waals surface area contributed by atoms with Gasteiger partial charge in [0.05, 0.1) is 0 Å². The molecule has 2 aromatic rings. The van der Waals surface area contributed by atoms with Gasteiger partial charge in [0.2, 0.25) is 0 Å². The quantitative estimate of drug-likeness (QED) is 0.589. The molecule has 0 aliphatic carbocycles. The van der Waals surface area contributed by atoms with Crippen molar-refractivity contribution in [3.05, 3.63) is 70.7 Å². The van der Waals surface area contributed by atoms with Crippen molar-refractivity contribution in [2.24, 2.45) is 0 Å². The second kappa shape index (κ2) is 5.35. The van der Waals surface area contributed by atoms with Gasteiger partial charge in [0, 0.05) is 10.6 Å². The smallest absolute Gasteiger partial charge is 0.185 e. The first kappa shape index (κ1) is 12.2. The van der Waals surface area contributed by atoms with Crippen molar-refractivity contribution < 1.29 is 4.79 Å². The van der Waals surface area contributed by atoms with Crippen LogP contribution < -0.4 is 0 Å². The van der Waals surface area contributed by atoms with Gasteiger partial charge in [-0.2, -0.15) is 0 Å². The van der Waals surface area contributed by atoms with E-state index in [4.69, 9.17) is 23.2 Å². The second-order valence-electron chi connectivity index (χ2n) is 3.64. The molecule has 17 heavy (non-hydrogen) atoms. The maximum Gasteiger partial charge on any atom is 0.185 e. The zero-order valence-electron chi connectivity index (χ0n) is 8.94. The van der Waals surface area contributed by atoms with E-state index < -0.39 is 5.38 Å². The highest BCUT2D eigenvalue weighted by Crippen LogP contribution is 2.26. The molecular formula is C14H10Cl2O. The van der Waals surface area contributed by atoms with Crippen LogP contribution in [-0.2, 0) is 0 Å². The monoisotopic (exact) mass is 264 g/mol. The second-order valence-corrected chi connectivity index (χ2v) is 4.52. The van der Waals surface area contributed by atoms with Crippen LogP contribution in [0.3, 0.4) is 0 Å². The summed E-state index contributed by atoms with van der Waals surface area (Å²) in [4.78, 5) is 12.1. The number of Topliss-reactive ketones (excluding diaryl/α,β-unsaturated/α-hetero) is 1. The molecule has 0 N–H and O–H groups in total. The Kier molecular flexibility index (Phi) is 3.82. The van der Waals surface area contributed by atoms with E-state index in [-0.39, 0.29) is 5.78 Å². The normalized spacial score (nSPS) is 12.1. The van der Waals surface area contributed by atoms with Gasteiger partial charge in [0.25, 0.3) is 0 Å².